The second kappa shape index (κ2) is 4.42. The zero-order chi connectivity index (χ0) is 12.6. The maximum atomic E-state index is 11.8. The molecule has 0 bridgehead atoms. The lowest BCUT2D eigenvalue weighted by Gasteiger charge is -2.30. The van der Waals surface area contributed by atoms with E-state index in [0.29, 0.717) is 24.0 Å². The summed E-state index contributed by atoms with van der Waals surface area (Å²) in [6.45, 7) is 5.47. The molecule has 0 radical (unpaired) electrons. The number of benzene rings is 1. The third kappa shape index (κ3) is 2.38. The van der Waals surface area contributed by atoms with Crippen molar-refractivity contribution in [1.82, 2.24) is 0 Å². The number of hydrogen-bond acceptors (Lipinski definition) is 3. The molecule has 94 valence electrons. The van der Waals surface area contributed by atoms with Crippen molar-refractivity contribution in [2.45, 2.75) is 30.6 Å². The smallest absolute Gasteiger partial charge is 0.175 e. The van der Waals surface area contributed by atoms with Crippen molar-refractivity contribution in [3.05, 3.63) is 29.3 Å². The summed E-state index contributed by atoms with van der Waals surface area (Å²) < 4.78 is 28.8. The number of sulfone groups is 1. The van der Waals surface area contributed by atoms with Crippen LogP contribution in [0.25, 0.3) is 0 Å². The number of hydrogen-bond donors (Lipinski definition) is 0. The van der Waals surface area contributed by atoms with E-state index in [-0.39, 0.29) is 5.92 Å². The SMILES string of the molecule is CC(C)c1c(C2COC2)cccc1S(C)(=O)=O. The van der Waals surface area contributed by atoms with E-state index in [0.717, 1.165) is 11.1 Å². The fourth-order valence-corrected chi connectivity index (χ4v) is 3.35. The third-order valence-corrected chi connectivity index (χ3v) is 4.31. The predicted molar refractivity (Wildman–Crippen MR) is 67.2 cm³/mol. The van der Waals surface area contributed by atoms with Gasteiger partial charge in [0.15, 0.2) is 9.84 Å². The zero-order valence-corrected chi connectivity index (χ0v) is 11.3. The van der Waals surface area contributed by atoms with Crippen LogP contribution < -0.4 is 0 Å². The molecule has 0 amide bonds. The average Bonchev–Trinajstić information content (AvgIpc) is 2.12. The summed E-state index contributed by atoms with van der Waals surface area (Å²) in [5.41, 5.74) is 2.09. The highest BCUT2D eigenvalue weighted by atomic mass is 32.2. The first-order valence-electron chi connectivity index (χ1n) is 5.82. The Balaban J connectivity index is 2.60. The lowest BCUT2D eigenvalue weighted by molar-refractivity contribution is 0.00788. The minimum atomic E-state index is -3.16. The fraction of sp³-hybridized carbons (Fsp3) is 0.538. The van der Waals surface area contributed by atoms with Gasteiger partial charge in [0.05, 0.1) is 18.1 Å². The summed E-state index contributed by atoms with van der Waals surface area (Å²) in [5, 5.41) is 0. The molecular weight excluding hydrogens is 236 g/mol. The Labute approximate surface area is 103 Å². The predicted octanol–water partition coefficient (Wildman–Crippen LogP) is 2.33. The summed E-state index contributed by atoms with van der Waals surface area (Å²) >= 11 is 0. The van der Waals surface area contributed by atoms with Crippen LogP contribution in [-0.4, -0.2) is 27.9 Å². The van der Waals surface area contributed by atoms with Crippen LogP contribution >= 0.6 is 0 Å². The van der Waals surface area contributed by atoms with E-state index in [4.69, 9.17) is 4.74 Å². The zero-order valence-electron chi connectivity index (χ0n) is 10.4. The van der Waals surface area contributed by atoms with Crippen molar-refractivity contribution >= 4 is 9.84 Å². The second-order valence-corrected chi connectivity index (χ2v) is 6.90. The van der Waals surface area contributed by atoms with E-state index in [1.54, 1.807) is 6.07 Å². The Morgan fingerprint density at radius 1 is 1.29 bits per heavy atom. The summed E-state index contributed by atoms with van der Waals surface area (Å²) in [6.07, 6.45) is 1.27. The van der Waals surface area contributed by atoms with Gasteiger partial charge in [0.25, 0.3) is 0 Å². The van der Waals surface area contributed by atoms with Crippen LogP contribution in [0.2, 0.25) is 0 Å². The molecule has 0 N–H and O–H groups in total. The standard InChI is InChI=1S/C13H18O3S/c1-9(2)13-11(10-7-16-8-10)5-4-6-12(13)17(3,14)15/h4-6,9-10H,7-8H2,1-3H3. The lowest BCUT2D eigenvalue weighted by Crippen LogP contribution is -2.27. The van der Waals surface area contributed by atoms with Gasteiger partial charge in [-0.1, -0.05) is 26.0 Å². The van der Waals surface area contributed by atoms with Crippen LogP contribution in [0.3, 0.4) is 0 Å². The van der Waals surface area contributed by atoms with Crippen LogP contribution in [0, 0.1) is 0 Å². The highest BCUT2D eigenvalue weighted by Gasteiger charge is 2.27. The number of ether oxygens (including phenoxy) is 1. The maximum Gasteiger partial charge on any atom is 0.175 e. The molecule has 1 aliphatic heterocycles. The van der Waals surface area contributed by atoms with Gasteiger partial charge in [-0.25, -0.2) is 8.42 Å². The van der Waals surface area contributed by atoms with E-state index < -0.39 is 9.84 Å². The van der Waals surface area contributed by atoms with E-state index >= 15 is 0 Å². The van der Waals surface area contributed by atoms with Crippen molar-refractivity contribution in [1.29, 1.82) is 0 Å². The normalized spacial score (nSPS) is 17.2. The number of rotatable bonds is 3. The van der Waals surface area contributed by atoms with Gasteiger partial charge in [-0.15, -0.1) is 0 Å². The Kier molecular flexibility index (Phi) is 3.27. The molecular formula is C13H18O3S. The minimum Gasteiger partial charge on any atom is -0.380 e. The molecule has 17 heavy (non-hydrogen) atoms. The highest BCUT2D eigenvalue weighted by Crippen LogP contribution is 2.34. The second-order valence-electron chi connectivity index (χ2n) is 4.92. The molecule has 1 aliphatic rings. The molecule has 1 fully saturated rings. The largest absolute Gasteiger partial charge is 0.380 e. The first-order chi connectivity index (χ1) is 7.91. The Morgan fingerprint density at radius 2 is 1.94 bits per heavy atom. The van der Waals surface area contributed by atoms with Gasteiger partial charge in [0.2, 0.25) is 0 Å². The van der Waals surface area contributed by atoms with Crippen molar-refractivity contribution < 1.29 is 13.2 Å². The molecule has 0 spiro atoms. The summed E-state index contributed by atoms with van der Waals surface area (Å²) in [6, 6.07) is 5.56. The van der Waals surface area contributed by atoms with Gasteiger partial charge in [0.1, 0.15) is 0 Å². The summed E-state index contributed by atoms with van der Waals surface area (Å²) in [4.78, 5) is 0.469. The van der Waals surface area contributed by atoms with Gasteiger partial charge in [0, 0.05) is 12.2 Å². The third-order valence-electron chi connectivity index (χ3n) is 3.15. The minimum absolute atomic E-state index is 0.205. The van der Waals surface area contributed by atoms with Gasteiger partial charge >= 0.3 is 0 Å². The van der Waals surface area contributed by atoms with Crippen LogP contribution in [0.15, 0.2) is 23.1 Å². The molecule has 1 aromatic carbocycles. The molecule has 0 aromatic heterocycles. The summed E-state index contributed by atoms with van der Waals surface area (Å²) in [5.74, 6) is 0.561. The van der Waals surface area contributed by atoms with Gasteiger partial charge < -0.3 is 4.74 Å². The lowest BCUT2D eigenvalue weighted by atomic mass is 9.88. The molecule has 0 saturated carbocycles. The first kappa shape index (κ1) is 12.6. The molecule has 1 saturated heterocycles. The van der Waals surface area contributed by atoms with Gasteiger partial charge in [-0.2, -0.15) is 0 Å². The highest BCUT2D eigenvalue weighted by molar-refractivity contribution is 7.90. The van der Waals surface area contributed by atoms with E-state index in [9.17, 15) is 8.42 Å². The molecule has 3 nitrogen and oxygen atoms in total. The van der Waals surface area contributed by atoms with Crippen molar-refractivity contribution in [2.24, 2.45) is 0 Å². The topological polar surface area (TPSA) is 43.4 Å². The van der Waals surface area contributed by atoms with Crippen LogP contribution in [0.4, 0.5) is 0 Å². The monoisotopic (exact) mass is 254 g/mol. The quantitative estimate of drug-likeness (QED) is 0.831. The molecule has 1 aromatic rings. The van der Waals surface area contributed by atoms with Crippen molar-refractivity contribution in [3.8, 4) is 0 Å². The maximum absolute atomic E-state index is 11.8. The van der Waals surface area contributed by atoms with Gasteiger partial charge in [-0.3, -0.25) is 0 Å². The van der Waals surface area contributed by atoms with Crippen LogP contribution in [0.5, 0.6) is 0 Å². The summed E-state index contributed by atoms with van der Waals surface area (Å²) in [7, 11) is -3.16. The van der Waals surface area contributed by atoms with Crippen LogP contribution in [-0.2, 0) is 14.6 Å². The van der Waals surface area contributed by atoms with Crippen molar-refractivity contribution in [3.63, 3.8) is 0 Å². The molecule has 1 heterocycles. The Morgan fingerprint density at radius 3 is 2.35 bits per heavy atom. The molecule has 0 atom stereocenters. The average molecular weight is 254 g/mol. The molecule has 0 unspecified atom stereocenters. The van der Waals surface area contributed by atoms with Crippen LogP contribution in [0.1, 0.15) is 36.8 Å². The van der Waals surface area contributed by atoms with E-state index in [1.807, 2.05) is 26.0 Å². The molecule has 4 heteroatoms. The van der Waals surface area contributed by atoms with Gasteiger partial charge in [-0.05, 0) is 23.1 Å². The molecule has 2 rings (SSSR count). The van der Waals surface area contributed by atoms with Crippen molar-refractivity contribution in [2.75, 3.05) is 19.5 Å². The fourth-order valence-electron chi connectivity index (χ4n) is 2.27. The Hall–Kier alpha value is -0.870. The Bertz CT molecular complexity index is 513. The first-order valence-corrected chi connectivity index (χ1v) is 7.71. The van der Waals surface area contributed by atoms with E-state index in [1.165, 1.54) is 6.26 Å². The van der Waals surface area contributed by atoms with E-state index in [2.05, 4.69) is 0 Å². The molecule has 0 aliphatic carbocycles.